The molecule has 0 aliphatic carbocycles. The molecule has 0 bridgehead atoms. The molecule has 3 heterocycles. The van der Waals surface area contributed by atoms with E-state index in [1.54, 1.807) is 29.2 Å². The molecule has 3 aliphatic heterocycles. The molecule has 3 saturated heterocycles. The molecule has 0 aromatic heterocycles. The number of hydrogen-bond acceptors (Lipinski definition) is 5. The Balaban J connectivity index is 1.25. The molecular formula is C21H27ClN2O4. The smallest absolute Gasteiger partial charge is 0.312 e. The molecule has 3 aliphatic rings. The Morgan fingerprint density at radius 3 is 2.50 bits per heavy atom. The second-order valence-electron chi connectivity index (χ2n) is 8.14. The lowest BCUT2D eigenvalue weighted by atomic mass is 9.76. The van der Waals surface area contributed by atoms with E-state index in [0.29, 0.717) is 36.7 Å². The van der Waals surface area contributed by atoms with Crippen LogP contribution in [0.5, 0.6) is 5.75 Å². The molecule has 0 saturated carbocycles. The number of nitrogens with zero attached hydrogens (tertiary/aromatic N) is 2. The van der Waals surface area contributed by atoms with Gasteiger partial charge < -0.3 is 14.4 Å². The van der Waals surface area contributed by atoms with Gasteiger partial charge >= 0.3 is 5.97 Å². The van der Waals surface area contributed by atoms with Crippen molar-refractivity contribution in [1.82, 2.24) is 9.80 Å². The molecule has 4 rings (SSSR count). The molecule has 28 heavy (non-hydrogen) atoms. The van der Waals surface area contributed by atoms with Crippen LogP contribution in [0.1, 0.15) is 32.1 Å². The topological polar surface area (TPSA) is 59.1 Å². The molecule has 0 N–H and O–H groups in total. The SMILES string of the molecule is O=C(COc1ccc(Cl)cc1)N1CCC2(CC1)CC(CN1CCCC1)OC2=O. The first-order valence-corrected chi connectivity index (χ1v) is 10.5. The monoisotopic (exact) mass is 406 g/mol. The summed E-state index contributed by atoms with van der Waals surface area (Å²) in [7, 11) is 0. The Bertz CT molecular complexity index is 710. The highest BCUT2D eigenvalue weighted by molar-refractivity contribution is 6.30. The lowest BCUT2D eigenvalue weighted by molar-refractivity contribution is -0.153. The van der Waals surface area contributed by atoms with Gasteiger partial charge in [0.15, 0.2) is 6.61 Å². The third-order valence-electron chi connectivity index (χ3n) is 6.23. The van der Waals surface area contributed by atoms with Crippen LogP contribution in [0.15, 0.2) is 24.3 Å². The number of amides is 1. The number of carbonyl (C=O) groups excluding carboxylic acids is 2. The van der Waals surface area contributed by atoms with Crippen molar-refractivity contribution >= 4 is 23.5 Å². The van der Waals surface area contributed by atoms with Crippen LogP contribution >= 0.6 is 11.6 Å². The lowest BCUT2D eigenvalue weighted by Gasteiger charge is -2.36. The fraction of sp³-hybridized carbons (Fsp3) is 0.619. The van der Waals surface area contributed by atoms with Crippen molar-refractivity contribution in [3.63, 3.8) is 0 Å². The molecule has 7 heteroatoms. The zero-order valence-electron chi connectivity index (χ0n) is 16.1. The standard InChI is InChI=1S/C21H27ClN2O4/c22-16-3-5-17(6-4-16)27-15-19(25)24-11-7-21(8-12-24)13-18(28-20(21)26)14-23-9-1-2-10-23/h3-6,18H,1-2,7-15H2. The predicted molar refractivity (Wildman–Crippen MR) is 105 cm³/mol. The van der Waals surface area contributed by atoms with Crippen LogP contribution in [0.25, 0.3) is 0 Å². The third-order valence-corrected chi connectivity index (χ3v) is 6.49. The maximum absolute atomic E-state index is 12.6. The summed E-state index contributed by atoms with van der Waals surface area (Å²) in [5, 5.41) is 0.631. The number of cyclic esters (lactones) is 1. The number of benzene rings is 1. The quantitative estimate of drug-likeness (QED) is 0.704. The van der Waals surface area contributed by atoms with Gasteiger partial charge in [0, 0.05) is 31.1 Å². The van der Waals surface area contributed by atoms with Gasteiger partial charge in [-0.25, -0.2) is 0 Å². The molecule has 6 nitrogen and oxygen atoms in total. The van der Waals surface area contributed by atoms with E-state index in [2.05, 4.69) is 4.90 Å². The molecule has 1 aromatic carbocycles. The zero-order chi connectivity index (χ0) is 19.6. The van der Waals surface area contributed by atoms with Crippen molar-refractivity contribution < 1.29 is 19.1 Å². The molecule has 1 amide bonds. The average molecular weight is 407 g/mol. The van der Waals surface area contributed by atoms with Crippen molar-refractivity contribution in [3.8, 4) is 5.75 Å². The maximum Gasteiger partial charge on any atom is 0.312 e. The molecule has 3 fully saturated rings. The first-order valence-electron chi connectivity index (χ1n) is 10.1. The van der Waals surface area contributed by atoms with E-state index in [1.165, 1.54) is 12.8 Å². The van der Waals surface area contributed by atoms with E-state index in [4.69, 9.17) is 21.1 Å². The van der Waals surface area contributed by atoms with Crippen molar-refractivity contribution in [2.75, 3.05) is 39.3 Å². The van der Waals surface area contributed by atoms with Gasteiger partial charge in [0.05, 0.1) is 5.41 Å². The van der Waals surface area contributed by atoms with Crippen LogP contribution < -0.4 is 4.74 Å². The number of carbonyl (C=O) groups is 2. The highest BCUT2D eigenvalue weighted by Crippen LogP contribution is 2.43. The second kappa shape index (κ2) is 8.29. The predicted octanol–water partition coefficient (Wildman–Crippen LogP) is 2.74. The van der Waals surface area contributed by atoms with Crippen molar-refractivity contribution in [2.24, 2.45) is 5.41 Å². The summed E-state index contributed by atoms with van der Waals surface area (Å²) in [6, 6.07) is 6.96. The van der Waals surface area contributed by atoms with Crippen LogP contribution in [0.4, 0.5) is 0 Å². The van der Waals surface area contributed by atoms with Gasteiger partial charge in [-0.05, 0) is 63.0 Å². The fourth-order valence-electron chi connectivity index (χ4n) is 4.55. The highest BCUT2D eigenvalue weighted by Gasteiger charge is 2.51. The van der Waals surface area contributed by atoms with E-state index >= 15 is 0 Å². The summed E-state index contributed by atoms with van der Waals surface area (Å²) in [4.78, 5) is 29.2. The minimum absolute atomic E-state index is 0.00101. The Kier molecular flexibility index (Phi) is 5.78. The van der Waals surface area contributed by atoms with Gasteiger partial charge in [0.25, 0.3) is 5.91 Å². The molecule has 152 valence electrons. The fourth-order valence-corrected chi connectivity index (χ4v) is 4.68. The Morgan fingerprint density at radius 2 is 1.82 bits per heavy atom. The Morgan fingerprint density at radius 1 is 1.14 bits per heavy atom. The summed E-state index contributed by atoms with van der Waals surface area (Å²) in [5.74, 6) is 0.501. The van der Waals surface area contributed by atoms with Gasteiger partial charge in [0.2, 0.25) is 0 Å². The number of ether oxygens (including phenoxy) is 2. The minimum atomic E-state index is -0.405. The summed E-state index contributed by atoms with van der Waals surface area (Å²) in [5.41, 5.74) is -0.405. The van der Waals surface area contributed by atoms with Gasteiger partial charge in [0.1, 0.15) is 11.9 Å². The largest absolute Gasteiger partial charge is 0.484 e. The number of esters is 1. The lowest BCUT2D eigenvalue weighted by Crippen LogP contribution is -2.46. The molecular weight excluding hydrogens is 380 g/mol. The molecule has 1 aromatic rings. The van der Waals surface area contributed by atoms with E-state index < -0.39 is 5.41 Å². The number of hydrogen-bond donors (Lipinski definition) is 0. The summed E-state index contributed by atoms with van der Waals surface area (Å²) in [6.45, 7) is 4.22. The van der Waals surface area contributed by atoms with Gasteiger partial charge in [-0.15, -0.1) is 0 Å². The number of piperidine rings is 1. The van der Waals surface area contributed by atoms with Gasteiger partial charge in [-0.2, -0.15) is 0 Å². The van der Waals surface area contributed by atoms with E-state index in [0.717, 1.165) is 26.1 Å². The van der Waals surface area contributed by atoms with E-state index in [1.807, 2.05) is 0 Å². The normalized spacial score (nSPS) is 24.5. The zero-order valence-corrected chi connectivity index (χ0v) is 16.8. The Labute approximate surface area is 170 Å². The molecule has 1 spiro atoms. The summed E-state index contributed by atoms with van der Waals surface area (Å²) >= 11 is 5.85. The molecule has 1 atom stereocenters. The van der Waals surface area contributed by atoms with Crippen LogP contribution in [0.2, 0.25) is 5.02 Å². The summed E-state index contributed by atoms with van der Waals surface area (Å²) < 4.78 is 11.3. The van der Waals surface area contributed by atoms with Crippen LogP contribution in [-0.4, -0.2) is 67.1 Å². The third kappa shape index (κ3) is 4.28. The summed E-state index contributed by atoms with van der Waals surface area (Å²) in [6.07, 6.45) is 4.61. The van der Waals surface area contributed by atoms with E-state index in [-0.39, 0.29) is 24.6 Å². The van der Waals surface area contributed by atoms with Crippen molar-refractivity contribution in [3.05, 3.63) is 29.3 Å². The Hall–Kier alpha value is -1.79. The average Bonchev–Trinajstić information content (AvgIpc) is 3.30. The van der Waals surface area contributed by atoms with Crippen molar-refractivity contribution in [1.29, 1.82) is 0 Å². The number of halogens is 1. The highest BCUT2D eigenvalue weighted by atomic mass is 35.5. The molecule has 1 unspecified atom stereocenters. The van der Waals surface area contributed by atoms with Crippen LogP contribution in [-0.2, 0) is 14.3 Å². The number of rotatable bonds is 5. The van der Waals surface area contributed by atoms with Gasteiger partial charge in [-0.3, -0.25) is 14.5 Å². The maximum atomic E-state index is 12.6. The van der Waals surface area contributed by atoms with Crippen molar-refractivity contribution in [2.45, 2.75) is 38.2 Å². The first-order chi connectivity index (χ1) is 13.5. The van der Waals surface area contributed by atoms with Gasteiger partial charge in [-0.1, -0.05) is 11.6 Å². The minimum Gasteiger partial charge on any atom is -0.484 e. The molecule has 0 radical (unpaired) electrons. The van der Waals surface area contributed by atoms with Crippen LogP contribution in [0, 0.1) is 5.41 Å². The second-order valence-corrected chi connectivity index (χ2v) is 8.58. The van der Waals surface area contributed by atoms with E-state index in [9.17, 15) is 9.59 Å². The van der Waals surface area contributed by atoms with Crippen LogP contribution in [0.3, 0.4) is 0 Å². The first kappa shape index (κ1) is 19.5. The number of likely N-dealkylation sites (tertiary alicyclic amines) is 2.